The number of benzene rings is 2. The minimum absolute atomic E-state index is 0.335. The third-order valence-electron chi connectivity index (χ3n) is 3.49. The van der Waals surface area contributed by atoms with Crippen LogP contribution in [0.2, 0.25) is 0 Å². The summed E-state index contributed by atoms with van der Waals surface area (Å²) in [6.07, 6.45) is 0.652. The molecule has 3 rings (SSSR count). The Morgan fingerprint density at radius 2 is 1.90 bits per heavy atom. The Kier molecular flexibility index (Phi) is 3.37. The fourth-order valence-electron chi connectivity index (χ4n) is 2.46. The second-order valence-corrected chi connectivity index (χ2v) is 5.85. The minimum Gasteiger partial charge on any atom is -0.361 e. The van der Waals surface area contributed by atoms with Crippen LogP contribution in [0.3, 0.4) is 0 Å². The molecule has 0 amide bonds. The van der Waals surface area contributed by atoms with E-state index < -0.39 is 5.54 Å². The highest BCUT2D eigenvalue weighted by molar-refractivity contribution is 7.99. The summed E-state index contributed by atoms with van der Waals surface area (Å²) >= 11 is 1.74. The molecule has 1 N–H and O–H groups in total. The maximum atomic E-state index is 13.8. The van der Waals surface area contributed by atoms with E-state index in [0.29, 0.717) is 12.1 Å². The molecule has 100 valence electrons. The smallest absolute Gasteiger partial charge is 0.153 e. The van der Waals surface area contributed by atoms with Crippen molar-refractivity contribution in [2.24, 2.45) is 0 Å². The van der Waals surface area contributed by atoms with Gasteiger partial charge >= 0.3 is 0 Å². The first-order valence-corrected chi connectivity index (χ1v) is 7.40. The van der Waals surface area contributed by atoms with E-state index in [0.717, 1.165) is 16.2 Å². The predicted molar refractivity (Wildman–Crippen MR) is 79.1 cm³/mol. The van der Waals surface area contributed by atoms with E-state index in [1.165, 1.54) is 6.07 Å². The molecule has 0 saturated heterocycles. The van der Waals surface area contributed by atoms with Gasteiger partial charge in [-0.2, -0.15) is 5.26 Å². The molecule has 1 aliphatic heterocycles. The fraction of sp³-hybridized carbons (Fsp3) is 0.188. The largest absolute Gasteiger partial charge is 0.361 e. The zero-order chi connectivity index (χ0) is 14.0. The van der Waals surface area contributed by atoms with Gasteiger partial charge in [-0.1, -0.05) is 30.3 Å². The van der Waals surface area contributed by atoms with Crippen LogP contribution in [-0.2, 0) is 5.54 Å². The Bertz CT molecular complexity index is 680. The van der Waals surface area contributed by atoms with E-state index in [1.807, 2.05) is 24.3 Å². The van der Waals surface area contributed by atoms with Gasteiger partial charge in [-0.05, 0) is 24.6 Å². The normalized spacial score (nSPS) is 20.8. The van der Waals surface area contributed by atoms with Crippen LogP contribution in [0, 0.1) is 17.1 Å². The average molecular weight is 284 g/mol. The van der Waals surface area contributed by atoms with Crippen molar-refractivity contribution in [1.82, 2.24) is 0 Å². The molecule has 2 aromatic carbocycles. The number of para-hydroxylation sites is 1. The van der Waals surface area contributed by atoms with E-state index in [2.05, 4.69) is 11.4 Å². The van der Waals surface area contributed by atoms with Crippen LogP contribution in [0.5, 0.6) is 0 Å². The molecule has 0 spiro atoms. The zero-order valence-corrected chi connectivity index (χ0v) is 11.6. The average Bonchev–Trinajstić information content (AvgIpc) is 2.50. The van der Waals surface area contributed by atoms with Crippen molar-refractivity contribution in [3.63, 3.8) is 0 Å². The lowest BCUT2D eigenvalue weighted by Crippen LogP contribution is -2.37. The van der Waals surface area contributed by atoms with Gasteiger partial charge in [0.25, 0.3) is 0 Å². The van der Waals surface area contributed by atoms with Gasteiger partial charge in [0.15, 0.2) is 5.54 Å². The van der Waals surface area contributed by atoms with Crippen molar-refractivity contribution in [3.8, 4) is 6.07 Å². The van der Waals surface area contributed by atoms with Gasteiger partial charge in [0, 0.05) is 16.2 Å². The Morgan fingerprint density at radius 3 is 2.70 bits per heavy atom. The Morgan fingerprint density at radius 1 is 1.15 bits per heavy atom. The van der Waals surface area contributed by atoms with Crippen LogP contribution in [-0.4, -0.2) is 5.75 Å². The number of hydrogen-bond acceptors (Lipinski definition) is 3. The summed E-state index contributed by atoms with van der Waals surface area (Å²) in [7, 11) is 0. The van der Waals surface area contributed by atoms with Crippen LogP contribution in [0.25, 0.3) is 0 Å². The summed E-state index contributed by atoms with van der Waals surface area (Å²) in [5, 5.41) is 12.8. The SMILES string of the molecule is N#CC1(Nc2ccccc2F)CCSc2ccccc21. The van der Waals surface area contributed by atoms with Crippen molar-refractivity contribution < 1.29 is 4.39 Å². The highest BCUT2D eigenvalue weighted by Crippen LogP contribution is 2.42. The summed E-state index contributed by atoms with van der Waals surface area (Å²) in [4.78, 5) is 1.09. The standard InChI is InChI=1S/C16H13FN2S/c17-13-6-2-3-7-14(13)19-16(11-18)9-10-20-15-8-4-1-5-12(15)16/h1-8,19H,9-10H2. The van der Waals surface area contributed by atoms with Crippen LogP contribution >= 0.6 is 11.8 Å². The van der Waals surface area contributed by atoms with Gasteiger partial charge < -0.3 is 5.32 Å². The van der Waals surface area contributed by atoms with Gasteiger partial charge in [0.1, 0.15) is 5.82 Å². The number of hydrogen-bond donors (Lipinski definition) is 1. The first-order valence-electron chi connectivity index (χ1n) is 6.41. The van der Waals surface area contributed by atoms with Crippen molar-refractivity contribution in [2.75, 3.05) is 11.1 Å². The molecule has 0 saturated carbocycles. The van der Waals surface area contributed by atoms with Crippen LogP contribution < -0.4 is 5.32 Å². The highest BCUT2D eigenvalue weighted by Gasteiger charge is 2.37. The van der Waals surface area contributed by atoms with Crippen LogP contribution in [0.15, 0.2) is 53.4 Å². The molecule has 1 aliphatic rings. The van der Waals surface area contributed by atoms with Crippen LogP contribution in [0.4, 0.5) is 10.1 Å². The fourth-order valence-corrected chi connectivity index (χ4v) is 3.66. The van der Waals surface area contributed by atoms with Gasteiger partial charge in [-0.3, -0.25) is 0 Å². The van der Waals surface area contributed by atoms with Crippen molar-refractivity contribution in [1.29, 1.82) is 5.26 Å². The predicted octanol–water partition coefficient (Wildman–Crippen LogP) is 4.15. The summed E-state index contributed by atoms with van der Waals surface area (Å²) in [5.41, 5.74) is 0.446. The molecule has 2 nitrogen and oxygen atoms in total. The summed E-state index contributed by atoms with van der Waals surface area (Å²) in [5.74, 6) is 0.504. The lowest BCUT2D eigenvalue weighted by Gasteiger charge is -2.34. The molecule has 2 aromatic rings. The van der Waals surface area contributed by atoms with Crippen molar-refractivity contribution >= 4 is 17.4 Å². The van der Waals surface area contributed by atoms with E-state index >= 15 is 0 Å². The molecule has 20 heavy (non-hydrogen) atoms. The number of rotatable bonds is 2. The Hall–Kier alpha value is -1.99. The summed E-state index contributed by atoms with van der Waals surface area (Å²) in [6.45, 7) is 0. The summed E-state index contributed by atoms with van der Waals surface area (Å²) < 4.78 is 13.8. The number of nitriles is 1. The lowest BCUT2D eigenvalue weighted by molar-refractivity contribution is 0.572. The summed E-state index contributed by atoms with van der Waals surface area (Å²) in [6, 6.07) is 16.7. The number of fused-ring (bicyclic) bond motifs is 1. The molecule has 0 bridgehead atoms. The number of thioether (sulfide) groups is 1. The van der Waals surface area contributed by atoms with Gasteiger partial charge in [0.05, 0.1) is 11.8 Å². The number of nitrogens with one attached hydrogen (secondary N) is 1. The molecule has 0 fully saturated rings. The third kappa shape index (κ3) is 2.14. The molecule has 0 radical (unpaired) electrons. The van der Waals surface area contributed by atoms with Gasteiger partial charge in [0.2, 0.25) is 0 Å². The van der Waals surface area contributed by atoms with Crippen LogP contribution in [0.1, 0.15) is 12.0 Å². The number of halogens is 1. The quantitative estimate of drug-likeness (QED) is 0.899. The van der Waals surface area contributed by atoms with E-state index in [1.54, 1.807) is 30.0 Å². The third-order valence-corrected chi connectivity index (χ3v) is 4.57. The first-order chi connectivity index (χ1) is 9.75. The van der Waals surface area contributed by atoms with Gasteiger partial charge in [-0.25, -0.2) is 4.39 Å². The molecule has 1 heterocycles. The topological polar surface area (TPSA) is 35.8 Å². The molecule has 0 aromatic heterocycles. The number of anilines is 1. The van der Waals surface area contributed by atoms with E-state index in [4.69, 9.17) is 0 Å². The highest BCUT2D eigenvalue weighted by atomic mass is 32.2. The molecule has 0 aliphatic carbocycles. The first kappa shape index (κ1) is 13.0. The maximum absolute atomic E-state index is 13.8. The Balaban J connectivity index is 2.06. The second kappa shape index (κ2) is 5.18. The van der Waals surface area contributed by atoms with Gasteiger partial charge in [-0.15, -0.1) is 11.8 Å². The van der Waals surface area contributed by atoms with E-state index in [-0.39, 0.29) is 5.82 Å². The second-order valence-electron chi connectivity index (χ2n) is 4.72. The zero-order valence-electron chi connectivity index (χ0n) is 10.8. The maximum Gasteiger partial charge on any atom is 0.153 e. The van der Waals surface area contributed by atoms with Crippen molar-refractivity contribution in [2.45, 2.75) is 16.9 Å². The number of nitrogens with zero attached hydrogens (tertiary/aromatic N) is 1. The van der Waals surface area contributed by atoms with Crippen molar-refractivity contribution in [3.05, 3.63) is 59.9 Å². The molecular formula is C16H13FN2S. The molecule has 1 atom stereocenters. The minimum atomic E-state index is -0.857. The van der Waals surface area contributed by atoms with E-state index in [9.17, 15) is 9.65 Å². The molecule has 1 unspecified atom stereocenters. The molecular weight excluding hydrogens is 271 g/mol. The Labute approximate surface area is 121 Å². The lowest BCUT2D eigenvalue weighted by atomic mass is 9.87. The monoisotopic (exact) mass is 284 g/mol. The molecule has 4 heteroatoms.